The Morgan fingerprint density at radius 1 is 0.938 bits per heavy atom. The Bertz CT molecular complexity index is 1420. The summed E-state index contributed by atoms with van der Waals surface area (Å²) in [7, 11) is 0. The van der Waals surface area contributed by atoms with E-state index in [1.165, 1.54) is 12.1 Å². The lowest BCUT2D eigenvalue weighted by Gasteiger charge is -2.00. The Hall–Kier alpha value is -4.14. The van der Waals surface area contributed by atoms with Crippen LogP contribution in [-0.4, -0.2) is 30.1 Å². The average Bonchev–Trinajstić information content (AvgIpc) is 3.48. The fraction of sp³-hybridized carbons (Fsp3) is 0.174. The Morgan fingerprint density at radius 3 is 2.56 bits per heavy atom. The first kappa shape index (κ1) is 19.8. The zero-order valence-corrected chi connectivity index (χ0v) is 17.7. The van der Waals surface area contributed by atoms with Crippen molar-refractivity contribution < 1.29 is 13.3 Å². The summed E-state index contributed by atoms with van der Waals surface area (Å²) in [5.41, 5.74) is 4.53. The Labute approximate surface area is 182 Å². The van der Waals surface area contributed by atoms with Crippen LogP contribution in [0.1, 0.15) is 22.7 Å². The van der Waals surface area contributed by atoms with Crippen molar-refractivity contribution in [3.63, 3.8) is 0 Å². The van der Waals surface area contributed by atoms with Gasteiger partial charge < -0.3 is 8.94 Å². The van der Waals surface area contributed by atoms with E-state index in [1.54, 1.807) is 16.8 Å². The van der Waals surface area contributed by atoms with Crippen LogP contribution in [-0.2, 0) is 6.54 Å². The van der Waals surface area contributed by atoms with Gasteiger partial charge in [0.25, 0.3) is 5.89 Å². The van der Waals surface area contributed by atoms with Crippen LogP contribution in [0, 0.1) is 26.6 Å². The second kappa shape index (κ2) is 7.84. The molecular formula is C23H19FN6O2. The molecule has 0 amide bonds. The van der Waals surface area contributed by atoms with Crippen molar-refractivity contribution in [3.05, 3.63) is 77.1 Å². The van der Waals surface area contributed by atoms with Gasteiger partial charge in [0, 0.05) is 11.1 Å². The van der Waals surface area contributed by atoms with E-state index in [2.05, 4.69) is 25.4 Å². The van der Waals surface area contributed by atoms with E-state index < -0.39 is 0 Å². The highest BCUT2D eigenvalue weighted by atomic mass is 19.1. The van der Waals surface area contributed by atoms with Crippen LogP contribution in [0.4, 0.5) is 4.39 Å². The van der Waals surface area contributed by atoms with E-state index in [9.17, 15) is 4.39 Å². The summed E-state index contributed by atoms with van der Waals surface area (Å²) >= 11 is 0. The molecule has 0 aliphatic carbocycles. The third kappa shape index (κ3) is 3.68. The zero-order valence-electron chi connectivity index (χ0n) is 17.7. The minimum atomic E-state index is -0.371. The van der Waals surface area contributed by atoms with Gasteiger partial charge in [-0.3, -0.25) is 0 Å². The molecule has 3 heterocycles. The standard InChI is InChI=1S/C23H19FN6O2/c1-13-6-4-8-17(10-13)22-25-19(15(3)31-22)12-30-14(2)20(27-29-30)23-26-21(28-32-23)16-7-5-9-18(24)11-16/h4-11H,12H2,1-3H3. The number of hydrogen-bond donors (Lipinski definition) is 0. The molecule has 0 spiro atoms. The largest absolute Gasteiger partial charge is 0.441 e. The molecule has 9 heteroatoms. The molecule has 0 N–H and O–H groups in total. The van der Waals surface area contributed by atoms with Gasteiger partial charge in [-0.25, -0.2) is 14.1 Å². The SMILES string of the molecule is Cc1cccc(-c2nc(Cn3nnc(-c4nc(-c5cccc(F)c5)no4)c3C)c(C)o2)c1. The van der Waals surface area contributed by atoms with E-state index in [0.717, 1.165) is 22.5 Å². The first-order valence-corrected chi connectivity index (χ1v) is 10.0. The van der Waals surface area contributed by atoms with Gasteiger partial charge in [0.05, 0.1) is 12.2 Å². The van der Waals surface area contributed by atoms with Gasteiger partial charge in [0.15, 0.2) is 5.69 Å². The van der Waals surface area contributed by atoms with Crippen LogP contribution in [0.25, 0.3) is 34.4 Å². The van der Waals surface area contributed by atoms with Gasteiger partial charge in [0.1, 0.15) is 17.3 Å². The molecule has 0 bridgehead atoms. The van der Waals surface area contributed by atoms with Crippen LogP contribution in [0.15, 0.2) is 57.5 Å². The molecule has 2 aromatic carbocycles. The van der Waals surface area contributed by atoms with Gasteiger partial charge in [-0.05, 0) is 45.0 Å². The van der Waals surface area contributed by atoms with Crippen LogP contribution >= 0.6 is 0 Å². The minimum absolute atomic E-state index is 0.213. The van der Waals surface area contributed by atoms with E-state index in [1.807, 2.05) is 45.0 Å². The van der Waals surface area contributed by atoms with Gasteiger partial charge in [-0.2, -0.15) is 4.98 Å². The van der Waals surface area contributed by atoms with Gasteiger partial charge >= 0.3 is 0 Å². The summed E-state index contributed by atoms with van der Waals surface area (Å²) in [5, 5.41) is 12.4. The van der Waals surface area contributed by atoms with Gasteiger partial charge in [0.2, 0.25) is 11.7 Å². The second-order valence-corrected chi connectivity index (χ2v) is 7.51. The van der Waals surface area contributed by atoms with E-state index in [0.29, 0.717) is 29.5 Å². The highest BCUT2D eigenvalue weighted by Gasteiger charge is 2.20. The molecule has 0 aliphatic rings. The maximum atomic E-state index is 13.5. The van der Waals surface area contributed by atoms with Crippen molar-refractivity contribution in [2.45, 2.75) is 27.3 Å². The maximum Gasteiger partial charge on any atom is 0.280 e. The van der Waals surface area contributed by atoms with Crippen LogP contribution in [0.2, 0.25) is 0 Å². The normalized spacial score (nSPS) is 11.2. The number of hydrogen-bond acceptors (Lipinski definition) is 7. The number of aryl methyl sites for hydroxylation is 2. The van der Waals surface area contributed by atoms with Crippen LogP contribution < -0.4 is 0 Å². The van der Waals surface area contributed by atoms with Crippen LogP contribution in [0.5, 0.6) is 0 Å². The molecule has 8 nitrogen and oxygen atoms in total. The third-order valence-electron chi connectivity index (χ3n) is 5.15. The first-order chi connectivity index (χ1) is 15.5. The average molecular weight is 430 g/mol. The summed E-state index contributed by atoms with van der Waals surface area (Å²) in [5.74, 6) is 1.40. The van der Waals surface area contributed by atoms with Crippen molar-refractivity contribution >= 4 is 0 Å². The fourth-order valence-electron chi connectivity index (χ4n) is 3.39. The maximum absolute atomic E-state index is 13.5. The van der Waals surface area contributed by atoms with Crippen molar-refractivity contribution in [1.82, 2.24) is 30.1 Å². The van der Waals surface area contributed by atoms with Crippen molar-refractivity contribution in [1.29, 1.82) is 0 Å². The topological polar surface area (TPSA) is 95.7 Å². The third-order valence-corrected chi connectivity index (χ3v) is 5.15. The molecule has 0 radical (unpaired) electrons. The summed E-state index contributed by atoms with van der Waals surface area (Å²) in [6, 6.07) is 14.0. The molecule has 3 aromatic heterocycles. The van der Waals surface area contributed by atoms with E-state index >= 15 is 0 Å². The summed E-state index contributed by atoms with van der Waals surface area (Å²) < 4.78 is 26.4. The number of halogens is 1. The summed E-state index contributed by atoms with van der Waals surface area (Å²) in [6.07, 6.45) is 0. The number of oxazole rings is 1. The van der Waals surface area contributed by atoms with Crippen molar-refractivity contribution in [2.24, 2.45) is 0 Å². The van der Waals surface area contributed by atoms with Gasteiger partial charge in [-0.15, -0.1) is 5.10 Å². The number of rotatable bonds is 5. The number of nitrogens with zero attached hydrogens (tertiary/aromatic N) is 6. The smallest absolute Gasteiger partial charge is 0.280 e. The van der Waals surface area contributed by atoms with E-state index in [-0.39, 0.29) is 17.5 Å². The molecule has 0 saturated carbocycles. The fourth-order valence-corrected chi connectivity index (χ4v) is 3.39. The zero-order chi connectivity index (χ0) is 22.2. The van der Waals surface area contributed by atoms with Crippen LogP contribution in [0.3, 0.4) is 0 Å². The van der Waals surface area contributed by atoms with Crippen molar-refractivity contribution in [3.8, 4) is 34.4 Å². The molecule has 160 valence electrons. The lowest BCUT2D eigenvalue weighted by Crippen LogP contribution is -2.05. The second-order valence-electron chi connectivity index (χ2n) is 7.51. The summed E-state index contributed by atoms with van der Waals surface area (Å²) in [6.45, 7) is 6.14. The number of benzene rings is 2. The molecule has 0 saturated heterocycles. The lowest BCUT2D eigenvalue weighted by atomic mass is 10.1. The number of aromatic nitrogens is 6. The highest BCUT2D eigenvalue weighted by Crippen LogP contribution is 2.26. The Kier molecular flexibility index (Phi) is 4.85. The lowest BCUT2D eigenvalue weighted by molar-refractivity contribution is 0.430. The Morgan fingerprint density at radius 2 is 1.75 bits per heavy atom. The van der Waals surface area contributed by atoms with E-state index in [4.69, 9.17) is 8.94 Å². The monoisotopic (exact) mass is 430 g/mol. The molecule has 5 aromatic rings. The molecule has 32 heavy (non-hydrogen) atoms. The van der Waals surface area contributed by atoms with Crippen molar-refractivity contribution in [2.75, 3.05) is 0 Å². The first-order valence-electron chi connectivity index (χ1n) is 10.0. The Balaban J connectivity index is 1.41. The predicted molar refractivity (Wildman–Crippen MR) is 114 cm³/mol. The molecule has 0 fully saturated rings. The molecular weight excluding hydrogens is 411 g/mol. The molecule has 0 unspecified atom stereocenters. The quantitative estimate of drug-likeness (QED) is 0.396. The highest BCUT2D eigenvalue weighted by molar-refractivity contribution is 5.58. The van der Waals surface area contributed by atoms with Gasteiger partial charge in [-0.1, -0.05) is 40.2 Å². The molecule has 5 rings (SSSR count). The predicted octanol–water partition coefficient (Wildman–Crippen LogP) is 4.76. The molecule has 0 aliphatic heterocycles. The summed E-state index contributed by atoms with van der Waals surface area (Å²) in [4.78, 5) is 9.00. The minimum Gasteiger partial charge on any atom is -0.441 e. The molecule has 0 atom stereocenters.